The number of aryl methyl sites for hydroxylation is 1. The second kappa shape index (κ2) is 7.48. The van der Waals surface area contributed by atoms with E-state index in [0.29, 0.717) is 31.7 Å². The summed E-state index contributed by atoms with van der Waals surface area (Å²) in [6.45, 7) is 2.72. The van der Waals surface area contributed by atoms with Crippen molar-refractivity contribution < 1.29 is 18.9 Å². The van der Waals surface area contributed by atoms with E-state index in [2.05, 4.69) is 10.1 Å². The molecule has 2 heterocycles. The Morgan fingerprint density at radius 3 is 2.48 bits per heavy atom. The first-order chi connectivity index (χ1) is 12.8. The summed E-state index contributed by atoms with van der Waals surface area (Å²) in [5.74, 6) is -1.56. The number of piperazine rings is 1. The van der Waals surface area contributed by atoms with Gasteiger partial charge in [-0.05, 0) is 29.5 Å². The van der Waals surface area contributed by atoms with Crippen LogP contribution >= 0.6 is 0 Å². The lowest BCUT2D eigenvalue weighted by Gasteiger charge is -2.34. The first-order valence-electron chi connectivity index (χ1n) is 8.22. The molecule has 0 aliphatic carbocycles. The molecule has 0 N–H and O–H groups in total. The molecule has 2 aromatic rings. The zero-order valence-electron chi connectivity index (χ0n) is 14.5. The van der Waals surface area contributed by atoms with Crippen LogP contribution in [0.4, 0.5) is 10.3 Å². The molecule has 0 atom stereocenters. The molecule has 142 valence electrons. The highest BCUT2D eigenvalue weighted by atomic mass is 19.1. The van der Waals surface area contributed by atoms with E-state index in [9.17, 15) is 24.1 Å². The highest BCUT2D eigenvalue weighted by Crippen LogP contribution is 2.13. The van der Waals surface area contributed by atoms with E-state index < -0.39 is 16.7 Å². The number of halogens is 1. The number of hydrogen-bond acceptors (Lipinski definition) is 6. The van der Waals surface area contributed by atoms with Gasteiger partial charge in [0.25, 0.3) is 5.91 Å². The topological polar surface area (TPSA) is 114 Å². The van der Waals surface area contributed by atoms with Crippen molar-refractivity contribution in [3.8, 4) is 0 Å². The van der Waals surface area contributed by atoms with Crippen LogP contribution < -0.4 is 0 Å². The van der Waals surface area contributed by atoms with Crippen molar-refractivity contribution in [3.63, 3.8) is 0 Å². The Kier molecular flexibility index (Phi) is 5.10. The Labute approximate surface area is 153 Å². The van der Waals surface area contributed by atoms with Crippen LogP contribution in [0.15, 0.2) is 24.5 Å². The van der Waals surface area contributed by atoms with Crippen molar-refractivity contribution in [1.82, 2.24) is 24.6 Å². The summed E-state index contributed by atoms with van der Waals surface area (Å²) in [5, 5.41) is 14.2. The Morgan fingerprint density at radius 1 is 1.22 bits per heavy atom. The van der Waals surface area contributed by atoms with Gasteiger partial charge in [-0.1, -0.05) is 11.1 Å². The van der Waals surface area contributed by atoms with Crippen LogP contribution in [0, 0.1) is 22.9 Å². The van der Waals surface area contributed by atoms with E-state index in [0.717, 1.165) is 11.0 Å². The molecule has 2 amide bonds. The Bertz CT molecular complexity index is 891. The molecule has 0 radical (unpaired) electrons. The molecule has 3 rings (SSSR count). The average Bonchev–Trinajstić information content (AvgIpc) is 3.12. The third kappa shape index (κ3) is 4.07. The van der Waals surface area contributed by atoms with Gasteiger partial charge >= 0.3 is 5.95 Å². The summed E-state index contributed by atoms with van der Waals surface area (Å²) in [6.07, 6.45) is 1.13. The van der Waals surface area contributed by atoms with Gasteiger partial charge in [-0.25, -0.2) is 4.39 Å². The first-order valence-corrected chi connectivity index (χ1v) is 8.22. The van der Waals surface area contributed by atoms with E-state index in [-0.39, 0.29) is 23.9 Å². The molecular formula is C16H17FN6O4. The minimum absolute atomic E-state index is 0.169. The number of hydrogen-bond donors (Lipinski definition) is 0. The molecule has 0 unspecified atom stereocenters. The van der Waals surface area contributed by atoms with Gasteiger partial charge < -0.3 is 19.9 Å². The van der Waals surface area contributed by atoms with Crippen LogP contribution in [-0.4, -0.2) is 67.5 Å². The first kappa shape index (κ1) is 18.4. The maximum atomic E-state index is 13.7. The van der Waals surface area contributed by atoms with Crippen molar-refractivity contribution in [2.45, 2.75) is 13.5 Å². The van der Waals surface area contributed by atoms with E-state index >= 15 is 0 Å². The summed E-state index contributed by atoms with van der Waals surface area (Å²) < 4.78 is 14.8. The molecule has 11 heteroatoms. The molecule has 27 heavy (non-hydrogen) atoms. The van der Waals surface area contributed by atoms with Crippen LogP contribution in [0.5, 0.6) is 0 Å². The van der Waals surface area contributed by atoms with Crippen molar-refractivity contribution in [2.24, 2.45) is 0 Å². The van der Waals surface area contributed by atoms with Crippen LogP contribution in [-0.2, 0) is 11.3 Å². The fourth-order valence-corrected chi connectivity index (χ4v) is 2.75. The van der Waals surface area contributed by atoms with E-state index in [1.807, 2.05) is 0 Å². The Balaban J connectivity index is 1.56. The predicted molar refractivity (Wildman–Crippen MR) is 90.3 cm³/mol. The van der Waals surface area contributed by atoms with Crippen LogP contribution in [0.25, 0.3) is 0 Å². The average molecular weight is 376 g/mol. The van der Waals surface area contributed by atoms with Crippen molar-refractivity contribution in [1.29, 1.82) is 0 Å². The van der Waals surface area contributed by atoms with E-state index in [4.69, 9.17) is 0 Å². The molecular weight excluding hydrogens is 359 g/mol. The summed E-state index contributed by atoms with van der Waals surface area (Å²) in [5.41, 5.74) is 0.739. The second-order valence-electron chi connectivity index (χ2n) is 6.14. The standard InChI is InChI=1S/C16H17FN6O4/c1-11-2-3-12(8-13(11)17)15(25)21-6-4-20(5-7-21)14(24)9-22-10-18-16(19-22)23(26)27/h2-3,8,10H,4-7,9H2,1H3. The summed E-state index contributed by atoms with van der Waals surface area (Å²) >= 11 is 0. The highest BCUT2D eigenvalue weighted by Gasteiger charge is 2.26. The molecule has 1 saturated heterocycles. The summed E-state index contributed by atoms with van der Waals surface area (Å²) in [4.78, 5) is 41.2. The third-order valence-corrected chi connectivity index (χ3v) is 4.32. The van der Waals surface area contributed by atoms with Crippen molar-refractivity contribution in [3.05, 3.63) is 51.6 Å². The van der Waals surface area contributed by atoms with Crippen LogP contribution in [0.3, 0.4) is 0 Å². The quantitative estimate of drug-likeness (QED) is 0.571. The SMILES string of the molecule is Cc1ccc(C(=O)N2CCN(C(=O)Cn3cnc([N+](=O)[O-])n3)CC2)cc1F. The lowest BCUT2D eigenvalue weighted by Crippen LogP contribution is -2.51. The number of aromatic nitrogens is 3. The zero-order chi connectivity index (χ0) is 19.6. The number of nitrogens with zero attached hydrogens (tertiary/aromatic N) is 6. The lowest BCUT2D eigenvalue weighted by atomic mass is 10.1. The predicted octanol–water partition coefficient (Wildman–Crippen LogP) is 0.618. The molecule has 0 saturated carbocycles. The van der Waals surface area contributed by atoms with Gasteiger partial charge in [0.2, 0.25) is 12.2 Å². The molecule has 1 aromatic carbocycles. The van der Waals surface area contributed by atoms with Crippen LogP contribution in [0.1, 0.15) is 15.9 Å². The number of carbonyl (C=O) groups is 2. The monoisotopic (exact) mass is 376 g/mol. The molecule has 1 fully saturated rings. The maximum absolute atomic E-state index is 13.7. The smallest absolute Gasteiger partial charge is 0.390 e. The van der Waals surface area contributed by atoms with Gasteiger partial charge in [-0.15, -0.1) is 0 Å². The molecule has 1 aromatic heterocycles. The Hall–Kier alpha value is -3.37. The van der Waals surface area contributed by atoms with Gasteiger partial charge in [0.1, 0.15) is 12.4 Å². The molecule has 0 spiro atoms. The van der Waals surface area contributed by atoms with Gasteiger partial charge in [-0.2, -0.15) is 4.68 Å². The number of carbonyl (C=O) groups excluding carboxylic acids is 2. The molecule has 1 aliphatic rings. The normalized spacial score (nSPS) is 14.3. The minimum atomic E-state index is -0.737. The number of nitro groups is 1. The number of amides is 2. The minimum Gasteiger partial charge on any atom is -0.390 e. The van der Waals surface area contributed by atoms with E-state index in [1.54, 1.807) is 28.9 Å². The third-order valence-electron chi connectivity index (χ3n) is 4.32. The highest BCUT2D eigenvalue weighted by molar-refractivity contribution is 5.94. The molecule has 1 aliphatic heterocycles. The number of benzene rings is 1. The van der Waals surface area contributed by atoms with Gasteiger partial charge in [0, 0.05) is 36.8 Å². The van der Waals surface area contributed by atoms with E-state index in [1.165, 1.54) is 6.07 Å². The van der Waals surface area contributed by atoms with Crippen molar-refractivity contribution in [2.75, 3.05) is 26.2 Å². The molecule has 0 bridgehead atoms. The largest absolute Gasteiger partial charge is 0.490 e. The van der Waals surface area contributed by atoms with Gasteiger partial charge in [-0.3, -0.25) is 9.59 Å². The maximum Gasteiger partial charge on any atom is 0.490 e. The number of rotatable bonds is 4. The fourth-order valence-electron chi connectivity index (χ4n) is 2.75. The summed E-state index contributed by atoms with van der Waals surface area (Å²) in [6, 6.07) is 4.35. The fraction of sp³-hybridized carbons (Fsp3) is 0.375. The Morgan fingerprint density at radius 2 is 1.89 bits per heavy atom. The summed E-state index contributed by atoms with van der Waals surface area (Å²) in [7, 11) is 0. The van der Waals surface area contributed by atoms with Crippen LogP contribution in [0.2, 0.25) is 0 Å². The molecule has 10 nitrogen and oxygen atoms in total. The van der Waals surface area contributed by atoms with Crippen molar-refractivity contribution >= 4 is 17.8 Å². The second-order valence-corrected chi connectivity index (χ2v) is 6.14. The van der Waals surface area contributed by atoms with Gasteiger partial charge in [0.15, 0.2) is 0 Å². The zero-order valence-corrected chi connectivity index (χ0v) is 14.5. The lowest BCUT2D eigenvalue weighted by molar-refractivity contribution is -0.394. The van der Waals surface area contributed by atoms with Gasteiger partial charge in [0.05, 0.1) is 0 Å².